The van der Waals surface area contributed by atoms with Gasteiger partial charge in [0.05, 0.1) is 23.9 Å². The first kappa shape index (κ1) is 23.3. The summed E-state index contributed by atoms with van der Waals surface area (Å²) in [5.74, 6) is -0.922. The number of rotatable bonds is 6. The van der Waals surface area contributed by atoms with Gasteiger partial charge in [-0.2, -0.15) is 4.57 Å². The van der Waals surface area contributed by atoms with Gasteiger partial charge in [0.2, 0.25) is 0 Å². The van der Waals surface area contributed by atoms with E-state index < -0.39 is 17.4 Å². The molecule has 180 valence electrons. The molecule has 9 heteroatoms. The van der Waals surface area contributed by atoms with E-state index >= 15 is 0 Å². The van der Waals surface area contributed by atoms with Crippen molar-refractivity contribution in [3.63, 3.8) is 0 Å². The van der Waals surface area contributed by atoms with Crippen LogP contribution in [-0.4, -0.2) is 45.8 Å². The highest BCUT2D eigenvalue weighted by molar-refractivity contribution is 6.44. The number of aromatic amines is 1. The molecule has 1 N–H and O–H groups in total. The summed E-state index contributed by atoms with van der Waals surface area (Å²) in [5.41, 5.74) is 2.10. The molecule has 2 aromatic heterocycles. The molecule has 35 heavy (non-hydrogen) atoms. The normalized spacial score (nSPS) is 18.3. The van der Waals surface area contributed by atoms with Gasteiger partial charge < -0.3 is 4.74 Å². The van der Waals surface area contributed by atoms with Gasteiger partial charge in [-0.05, 0) is 56.5 Å². The Bertz CT molecular complexity index is 1400. The fourth-order valence-electron chi connectivity index (χ4n) is 4.67. The van der Waals surface area contributed by atoms with Gasteiger partial charge in [-0.15, -0.1) is 0 Å². The Kier molecular flexibility index (Phi) is 6.17. The van der Waals surface area contributed by atoms with Crippen molar-refractivity contribution in [1.29, 1.82) is 0 Å². The SMILES string of the molecule is CCc1ccc[n+](C2=C(c3c(C)[nH]n(-c4ccc(Cl)cc4)c3=O)C(=O)N(CC3CCCO3)C2=O)c1. The van der Waals surface area contributed by atoms with Crippen molar-refractivity contribution in [1.82, 2.24) is 14.7 Å². The molecule has 0 bridgehead atoms. The lowest BCUT2D eigenvalue weighted by Gasteiger charge is -2.18. The highest BCUT2D eigenvalue weighted by Crippen LogP contribution is 2.31. The van der Waals surface area contributed by atoms with Gasteiger partial charge in [0, 0.05) is 29.0 Å². The molecule has 0 radical (unpaired) electrons. The number of carbonyl (C=O) groups excluding carboxylic acids is 2. The lowest BCUT2D eigenvalue weighted by molar-refractivity contribution is -0.577. The monoisotopic (exact) mass is 493 g/mol. The summed E-state index contributed by atoms with van der Waals surface area (Å²) in [7, 11) is 0. The van der Waals surface area contributed by atoms with E-state index in [1.54, 1.807) is 42.0 Å². The van der Waals surface area contributed by atoms with Gasteiger partial charge in [-0.25, -0.2) is 4.68 Å². The molecule has 4 heterocycles. The zero-order valence-electron chi connectivity index (χ0n) is 19.6. The molecule has 8 nitrogen and oxygen atoms in total. The maximum Gasteiger partial charge on any atom is 0.327 e. The van der Waals surface area contributed by atoms with E-state index in [-0.39, 0.29) is 29.5 Å². The van der Waals surface area contributed by atoms with Gasteiger partial charge in [-0.3, -0.25) is 24.4 Å². The van der Waals surface area contributed by atoms with Gasteiger partial charge in [0.1, 0.15) is 5.57 Å². The van der Waals surface area contributed by atoms with Crippen LogP contribution in [0.15, 0.2) is 53.6 Å². The summed E-state index contributed by atoms with van der Waals surface area (Å²) in [6, 6.07) is 10.6. The Morgan fingerprint density at radius 3 is 2.60 bits per heavy atom. The third-order valence-electron chi connectivity index (χ3n) is 6.49. The Hall–Kier alpha value is -3.49. The topological polar surface area (TPSA) is 88.3 Å². The van der Waals surface area contributed by atoms with Crippen LogP contribution < -0.4 is 10.1 Å². The quantitative estimate of drug-likeness (QED) is 0.422. The Morgan fingerprint density at radius 1 is 1.14 bits per heavy atom. The summed E-state index contributed by atoms with van der Waals surface area (Å²) in [6.45, 7) is 4.51. The van der Waals surface area contributed by atoms with E-state index in [1.165, 1.54) is 9.58 Å². The second-order valence-electron chi connectivity index (χ2n) is 8.78. The number of ether oxygens (including phenoxy) is 1. The fourth-order valence-corrected chi connectivity index (χ4v) is 4.80. The number of amides is 2. The van der Waals surface area contributed by atoms with Crippen LogP contribution in [0.3, 0.4) is 0 Å². The highest BCUT2D eigenvalue weighted by atomic mass is 35.5. The number of pyridine rings is 1. The van der Waals surface area contributed by atoms with Crippen molar-refractivity contribution in [3.05, 3.63) is 81.0 Å². The van der Waals surface area contributed by atoms with E-state index in [0.717, 1.165) is 24.8 Å². The van der Waals surface area contributed by atoms with Gasteiger partial charge in [-0.1, -0.05) is 18.5 Å². The molecule has 1 unspecified atom stereocenters. The van der Waals surface area contributed by atoms with Crippen LogP contribution in [-0.2, 0) is 20.7 Å². The maximum atomic E-state index is 13.7. The van der Waals surface area contributed by atoms with Gasteiger partial charge in [0.25, 0.3) is 17.2 Å². The van der Waals surface area contributed by atoms with Crippen LogP contribution in [0.5, 0.6) is 0 Å². The number of benzene rings is 1. The number of hydrogen-bond acceptors (Lipinski definition) is 4. The Morgan fingerprint density at radius 2 is 1.91 bits per heavy atom. The number of halogens is 1. The third kappa shape index (κ3) is 4.13. The van der Waals surface area contributed by atoms with Crippen molar-refractivity contribution in [2.24, 2.45) is 0 Å². The number of nitrogens with one attached hydrogen (secondary N) is 1. The van der Waals surface area contributed by atoms with Crippen molar-refractivity contribution >= 4 is 34.7 Å². The highest BCUT2D eigenvalue weighted by Gasteiger charge is 2.48. The molecule has 0 saturated carbocycles. The van der Waals surface area contributed by atoms with Crippen LogP contribution in [0.25, 0.3) is 17.0 Å². The Labute approximate surface area is 207 Å². The number of aryl methyl sites for hydroxylation is 2. The number of H-pyrrole nitrogens is 1. The molecule has 1 atom stereocenters. The van der Waals surface area contributed by atoms with Crippen molar-refractivity contribution in [2.75, 3.05) is 13.2 Å². The van der Waals surface area contributed by atoms with Crippen LogP contribution >= 0.6 is 11.6 Å². The minimum atomic E-state index is -0.489. The minimum Gasteiger partial charge on any atom is -0.376 e. The average Bonchev–Trinajstić information content (AvgIpc) is 3.54. The molecule has 5 rings (SSSR count). The smallest absolute Gasteiger partial charge is 0.327 e. The summed E-state index contributed by atoms with van der Waals surface area (Å²) < 4.78 is 8.71. The average molecular weight is 494 g/mol. The van der Waals surface area contributed by atoms with Gasteiger partial charge in [0.15, 0.2) is 12.4 Å². The number of hydrogen-bond donors (Lipinski definition) is 1. The lowest BCUT2D eigenvalue weighted by atomic mass is 10.1. The maximum absolute atomic E-state index is 13.7. The summed E-state index contributed by atoms with van der Waals surface area (Å²) >= 11 is 6.01. The largest absolute Gasteiger partial charge is 0.376 e. The second kappa shape index (κ2) is 9.28. The molecular formula is C26H26ClN4O4+. The van der Waals surface area contributed by atoms with E-state index in [0.29, 0.717) is 23.0 Å². The number of nitrogens with zero attached hydrogens (tertiary/aromatic N) is 3. The number of carbonyl (C=O) groups is 2. The summed E-state index contributed by atoms with van der Waals surface area (Å²) in [4.78, 5) is 42.2. The summed E-state index contributed by atoms with van der Waals surface area (Å²) in [6.07, 6.45) is 5.80. The lowest BCUT2D eigenvalue weighted by Crippen LogP contribution is -2.42. The van der Waals surface area contributed by atoms with Crippen LogP contribution in [0.2, 0.25) is 5.02 Å². The first-order chi connectivity index (χ1) is 16.9. The first-order valence-corrected chi connectivity index (χ1v) is 12.1. The zero-order chi connectivity index (χ0) is 24.7. The molecule has 2 aliphatic rings. The third-order valence-corrected chi connectivity index (χ3v) is 6.74. The molecule has 2 amide bonds. The molecule has 1 fully saturated rings. The van der Waals surface area contributed by atoms with Crippen LogP contribution in [0.4, 0.5) is 0 Å². The molecule has 2 aliphatic heterocycles. The van der Waals surface area contributed by atoms with Crippen molar-refractivity contribution in [3.8, 4) is 5.69 Å². The predicted molar refractivity (Wildman–Crippen MR) is 131 cm³/mol. The molecule has 1 aromatic carbocycles. The molecule has 0 aliphatic carbocycles. The number of aromatic nitrogens is 3. The predicted octanol–water partition coefficient (Wildman–Crippen LogP) is 2.89. The molecule has 3 aromatic rings. The van der Waals surface area contributed by atoms with Crippen LogP contribution in [0, 0.1) is 6.92 Å². The van der Waals surface area contributed by atoms with E-state index in [9.17, 15) is 14.4 Å². The first-order valence-electron chi connectivity index (χ1n) is 11.7. The summed E-state index contributed by atoms with van der Waals surface area (Å²) in [5, 5.41) is 3.60. The van der Waals surface area contributed by atoms with E-state index in [4.69, 9.17) is 16.3 Å². The molecule has 0 spiro atoms. The standard InChI is InChI=1S/C26H25ClN4O4/c1-3-17-6-4-12-29(14-17)23-22(24(32)30(26(23)34)15-20-7-5-13-35-20)21-16(2)28-31(25(21)33)19-10-8-18(27)9-11-19/h4,6,8-12,14,20H,3,5,7,13,15H2,1-2H3/p+1. The fraction of sp³-hybridized carbons (Fsp3) is 0.308. The van der Waals surface area contributed by atoms with E-state index in [2.05, 4.69) is 5.10 Å². The number of imide groups is 1. The van der Waals surface area contributed by atoms with Gasteiger partial charge >= 0.3 is 5.91 Å². The molecular weight excluding hydrogens is 468 g/mol. The second-order valence-corrected chi connectivity index (χ2v) is 9.22. The Balaban J connectivity index is 1.67. The molecule has 1 saturated heterocycles. The zero-order valence-corrected chi connectivity index (χ0v) is 20.3. The van der Waals surface area contributed by atoms with Crippen LogP contribution in [0.1, 0.15) is 36.6 Å². The van der Waals surface area contributed by atoms with Crippen molar-refractivity contribution in [2.45, 2.75) is 39.2 Å². The van der Waals surface area contributed by atoms with Crippen molar-refractivity contribution < 1.29 is 18.9 Å². The minimum absolute atomic E-state index is 0.0951. The van der Waals surface area contributed by atoms with E-state index in [1.807, 2.05) is 25.3 Å².